The number of anilines is 1. The number of hydrogen-bond donors (Lipinski definition) is 1. The number of nitrogens with zero attached hydrogens (tertiary/aromatic N) is 1. The number of hydrogen-bond acceptors (Lipinski definition) is 3. The van der Waals surface area contributed by atoms with Crippen LogP contribution >= 0.6 is 0 Å². The van der Waals surface area contributed by atoms with Crippen molar-refractivity contribution in [3.8, 4) is 0 Å². The summed E-state index contributed by atoms with van der Waals surface area (Å²) in [5.74, 6) is -2.23. The van der Waals surface area contributed by atoms with E-state index in [-0.39, 0.29) is 35.4 Å². The van der Waals surface area contributed by atoms with E-state index in [4.69, 9.17) is 5.11 Å². The summed E-state index contributed by atoms with van der Waals surface area (Å²) in [5, 5.41) is 9.02. The zero-order chi connectivity index (χ0) is 12.6. The van der Waals surface area contributed by atoms with E-state index in [1.807, 2.05) is 0 Å². The van der Waals surface area contributed by atoms with Gasteiger partial charge in [-0.25, -0.2) is 9.69 Å². The topological polar surface area (TPSA) is 74.7 Å². The van der Waals surface area contributed by atoms with Gasteiger partial charge in [0.2, 0.25) is 11.8 Å². The molecule has 1 saturated heterocycles. The van der Waals surface area contributed by atoms with Crippen molar-refractivity contribution in [3.63, 3.8) is 0 Å². The van der Waals surface area contributed by atoms with Gasteiger partial charge in [-0.15, -0.1) is 0 Å². The van der Waals surface area contributed by atoms with Gasteiger partial charge in [0.25, 0.3) is 0 Å². The fourth-order valence-corrected chi connectivity index (χ4v) is 1.89. The molecule has 1 aliphatic heterocycles. The second-order valence-electron chi connectivity index (χ2n) is 3.99. The first-order chi connectivity index (χ1) is 8.02. The fraction of sp³-hybridized carbons (Fsp3) is 0.250. The highest BCUT2D eigenvalue weighted by Crippen LogP contribution is 2.28. The maximum Gasteiger partial charge on any atom is 0.337 e. The van der Waals surface area contributed by atoms with E-state index in [1.165, 1.54) is 12.1 Å². The van der Waals surface area contributed by atoms with Crippen molar-refractivity contribution in [3.05, 3.63) is 29.8 Å². The van der Waals surface area contributed by atoms with Gasteiger partial charge in [0.15, 0.2) is 0 Å². The van der Waals surface area contributed by atoms with Gasteiger partial charge in [-0.1, -0.05) is 19.1 Å². The highest BCUT2D eigenvalue weighted by Gasteiger charge is 2.38. The van der Waals surface area contributed by atoms with E-state index in [1.54, 1.807) is 19.1 Å². The molecule has 0 unspecified atom stereocenters. The Morgan fingerprint density at radius 1 is 1.35 bits per heavy atom. The van der Waals surface area contributed by atoms with Crippen LogP contribution in [-0.2, 0) is 9.59 Å². The van der Waals surface area contributed by atoms with Crippen molar-refractivity contribution in [2.24, 2.45) is 5.92 Å². The first-order valence-corrected chi connectivity index (χ1v) is 5.21. The molecule has 1 aromatic carbocycles. The number of para-hydroxylation sites is 1. The Morgan fingerprint density at radius 3 is 2.53 bits per heavy atom. The zero-order valence-electron chi connectivity index (χ0n) is 9.21. The molecule has 0 radical (unpaired) electrons. The van der Waals surface area contributed by atoms with Gasteiger partial charge in [0.05, 0.1) is 11.3 Å². The molecule has 0 spiro atoms. The Morgan fingerprint density at radius 2 is 2.00 bits per heavy atom. The molecule has 5 nitrogen and oxygen atoms in total. The molecular formula is C12H11NO4. The molecule has 1 aromatic rings. The lowest BCUT2D eigenvalue weighted by molar-refractivity contribution is -0.122. The molecule has 17 heavy (non-hydrogen) atoms. The van der Waals surface area contributed by atoms with Crippen LogP contribution in [0, 0.1) is 5.92 Å². The fourth-order valence-electron chi connectivity index (χ4n) is 1.89. The van der Waals surface area contributed by atoms with Crippen molar-refractivity contribution in [2.45, 2.75) is 13.3 Å². The molecule has 0 aromatic heterocycles. The number of rotatable bonds is 2. The third kappa shape index (κ3) is 1.80. The van der Waals surface area contributed by atoms with Gasteiger partial charge in [-0.3, -0.25) is 9.59 Å². The van der Waals surface area contributed by atoms with Crippen LogP contribution < -0.4 is 4.90 Å². The number of carboxylic acids is 1. The third-order valence-corrected chi connectivity index (χ3v) is 2.75. The van der Waals surface area contributed by atoms with Crippen LogP contribution in [0.2, 0.25) is 0 Å². The van der Waals surface area contributed by atoms with Gasteiger partial charge in [0, 0.05) is 12.3 Å². The Bertz CT molecular complexity index is 509. The minimum Gasteiger partial charge on any atom is -0.478 e. The lowest BCUT2D eigenvalue weighted by Crippen LogP contribution is -2.31. The monoisotopic (exact) mass is 233 g/mol. The molecule has 1 aliphatic rings. The van der Waals surface area contributed by atoms with Crippen LogP contribution in [0.1, 0.15) is 23.7 Å². The third-order valence-electron chi connectivity index (χ3n) is 2.75. The van der Waals surface area contributed by atoms with Gasteiger partial charge in [0.1, 0.15) is 0 Å². The average molecular weight is 233 g/mol. The summed E-state index contributed by atoms with van der Waals surface area (Å²) in [7, 11) is 0. The molecule has 1 fully saturated rings. The lowest BCUT2D eigenvalue weighted by Gasteiger charge is -2.16. The van der Waals surface area contributed by atoms with Crippen LogP contribution in [0.15, 0.2) is 24.3 Å². The van der Waals surface area contributed by atoms with E-state index in [2.05, 4.69) is 0 Å². The van der Waals surface area contributed by atoms with Crippen molar-refractivity contribution in [1.29, 1.82) is 0 Å². The summed E-state index contributed by atoms with van der Waals surface area (Å²) in [5.41, 5.74) is 0.114. The summed E-state index contributed by atoms with van der Waals surface area (Å²) in [6.07, 6.45) is 0.132. The Balaban J connectivity index is 2.51. The number of carboxylic acid groups (broad SMARTS) is 1. The minimum absolute atomic E-state index is 0.0386. The molecule has 2 amide bonds. The van der Waals surface area contributed by atoms with E-state index in [0.29, 0.717) is 0 Å². The van der Waals surface area contributed by atoms with Crippen LogP contribution in [0.4, 0.5) is 5.69 Å². The molecule has 0 saturated carbocycles. The zero-order valence-corrected chi connectivity index (χ0v) is 9.21. The number of benzene rings is 1. The Hall–Kier alpha value is -2.17. The summed E-state index contributed by atoms with van der Waals surface area (Å²) in [6.45, 7) is 1.66. The summed E-state index contributed by atoms with van der Waals surface area (Å²) in [6, 6.07) is 6.01. The van der Waals surface area contributed by atoms with Crippen LogP contribution in [0.25, 0.3) is 0 Å². The largest absolute Gasteiger partial charge is 0.478 e. The van der Waals surface area contributed by atoms with Gasteiger partial charge < -0.3 is 5.11 Å². The first kappa shape index (κ1) is 11.3. The van der Waals surface area contributed by atoms with Crippen molar-refractivity contribution in [2.75, 3.05) is 4.90 Å². The SMILES string of the molecule is C[C@@H]1CC(=O)N(c2ccccc2C(=O)O)C1=O. The van der Waals surface area contributed by atoms with Gasteiger partial charge >= 0.3 is 5.97 Å². The van der Waals surface area contributed by atoms with E-state index < -0.39 is 5.97 Å². The second kappa shape index (κ2) is 4.01. The lowest BCUT2D eigenvalue weighted by atomic mass is 10.1. The smallest absolute Gasteiger partial charge is 0.337 e. The predicted octanol–water partition coefficient (Wildman–Crippen LogP) is 1.28. The van der Waals surface area contributed by atoms with Crippen molar-refractivity contribution < 1.29 is 19.5 Å². The van der Waals surface area contributed by atoms with E-state index in [0.717, 1.165) is 4.90 Å². The highest BCUT2D eigenvalue weighted by atomic mass is 16.4. The highest BCUT2D eigenvalue weighted by molar-refractivity contribution is 6.22. The molecule has 0 aliphatic carbocycles. The normalized spacial score (nSPS) is 19.8. The molecule has 1 atom stereocenters. The Labute approximate surface area is 97.7 Å². The summed E-state index contributed by atoms with van der Waals surface area (Å²) < 4.78 is 0. The van der Waals surface area contributed by atoms with E-state index in [9.17, 15) is 14.4 Å². The second-order valence-corrected chi connectivity index (χ2v) is 3.99. The molecule has 1 N–H and O–H groups in total. The number of aromatic carboxylic acids is 1. The average Bonchev–Trinajstić information content (AvgIpc) is 2.53. The molecule has 5 heteroatoms. The number of carbonyl (C=O) groups is 3. The summed E-state index contributed by atoms with van der Waals surface area (Å²) in [4.78, 5) is 35.5. The summed E-state index contributed by atoms with van der Waals surface area (Å²) >= 11 is 0. The maximum absolute atomic E-state index is 11.8. The molecular weight excluding hydrogens is 222 g/mol. The molecule has 2 rings (SSSR count). The molecule has 88 valence electrons. The number of imide groups is 1. The maximum atomic E-state index is 11.8. The predicted molar refractivity (Wildman–Crippen MR) is 59.7 cm³/mol. The Kier molecular flexibility index (Phi) is 2.67. The first-order valence-electron chi connectivity index (χ1n) is 5.21. The van der Waals surface area contributed by atoms with Crippen molar-refractivity contribution in [1.82, 2.24) is 0 Å². The number of carbonyl (C=O) groups excluding carboxylic acids is 2. The minimum atomic E-state index is -1.15. The van der Waals surface area contributed by atoms with E-state index >= 15 is 0 Å². The van der Waals surface area contributed by atoms with Crippen molar-refractivity contribution >= 4 is 23.5 Å². The van der Waals surface area contributed by atoms with Crippen LogP contribution in [-0.4, -0.2) is 22.9 Å². The van der Waals surface area contributed by atoms with Gasteiger partial charge in [-0.2, -0.15) is 0 Å². The molecule has 0 bridgehead atoms. The standard InChI is InChI=1S/C12H11NO4/c1-7-6-10(14)13(11(7)15)9-5-3-2-4-8(9)12(16)17/h2-5,7H,6H2,1H3,(H,16,17)/t7-/m1/s1. The van der Waals surface area contributed by atoms with Crippen LogP contribution in [0.5, 0.6) is 0 Å². The molecule has 1 heterocycles. The number of amides is 2. The quantitative estimate of drug-likeness (QED) is 0.781. The van der Waals surface area contributed by atoms with Gasteiger partial charge in [-0.05, 0) is 12.1 Å². The van der Waals surface area contributed by atoms with Crippen LogP contribution in [0.3, 0.4) is 0 Å².